The molecule has 9 nitrogen and oxygen atoms in total. The number of benzene rings is 3. The van der Waals surface area contributed by atoms with Gasteiger partial charge in [-0.05, 0) is 88.6 Å². The molecule has 0 bridgehead atoms. The molecule has 0 aliphatic carbocycles. The van der Waals surface area contributed by atoms with E-state index in [1.807, 2.05) is 31.2 Å². The molecule has 0 saturated carbocycles. The van der Waals surface area contributed by atoms with Crippen molar-refractivity contribution in [2.75, 3.05) is 31.5 Å². The molecule has 0 aliphatic heterocycles. The van der Waals surface area contributed by atoms with Crippen molar-refractivity contribution < 1.29 is 28.6 Å². The third-order valence-corrected chi connectivity index (χ3v) is 5.73. The summed E-state index contributed by atoms with van der Waals surface area (Å²) in [4.78, 5) is 36.6. The third-order valence-electron chi connectivity index (χ3n) is 5.14. The Labute approximate surface area is 228 Å². The SMILES string of the molecule is COC(=O)c1ccc(NC(=O)/C(C#N)=C/c2cc(Br)c(OCC(=O)Nc3cccc(C)c3)c(OC)c2)cc1. The van der Waals surface area contributed by atoms with E-state index in [2.05, 4.69) is 31.3 Å². The lowest BCUT2D eigenvalue weighted by Crippen LogP contribution is -2.20. The van der Waals surface area contributed by atoms with Gasteiger partial charge in [0.15, 0.2) is 18.1 Å². The van der Waals surface area contributed by atoms with Gasteiger partial charge in [0.25, 0.3) is 11.8 Å². The number of carbonyl (C=O) groups is 3. The van der Waals surface area contributed by atoms with Gasteiger partial charge in [-0.2, -0.15) is 5.26 Å². The maximum atomic E-state index is 12.7. The Balaban J connectivity index is 1.72. The monoisotopic (exact) mass is 577 g/mol. The van der Waals surface area contributed by atoms with Crippen molar-refractivity contribution in [1.82, 2.24) is 0 Å². The van der Waals surface area contributed by atoms with Crippen LogP contribution in [0.4, 0.5) is 11.4 Å². The molecule has 0 radical (unpaired) electrons. The summed E-state index contributed by atoms with van der Waals surface area (Å²) in [6.07, 6.45) is 1.39. The van der Waals surface area contributed by atoms with E-state index in [1.165, 1.54) is 44.6 Å². The fraction of sp³-hybridized carbons (Fsp3) is 0.143. The average Bonchev–Trinajstić information content (AvgIpc) is 2.90. The number of nitrogens with one attached hydrogen (secondary N) is 2. The minimum absolute atomic E-state index is 0.165. The third kappa shape index (κ3) is 7.44. The molecule has 0 spiro atoms. The van der Waals surface area contributed by atoms with Crippen LogP contribution in [0.5, 0.6) is 11.5 Å². The second-order valence-electron chi connectivity index (χ2n) is 7.93. The summed E-state index contributed by atoms with van der Waals surface area (Å²) >= 11 is 3.41. The second-order valence-corrected chi connectivity index (χ2v) is 8.79. The van der Waals surface area contributed by atoms with Crippen LogP contribution in [0.2, 0.25) is 0 Å². The van der Waals surface area contributed by atoms with Crippen LogP contribution in [0.25, 0.3) is 6.08 Å². The highest BCUT2D eigenvalue weighted by molar-refractivity contribution is 9.10. The molecule has 3 aromatic rings. The number of ether oxygens (including phenoxy) is 3. The number of anilines is 2. The maximum Gasteiger partial charge on any atom is 0.337 e. The van der Waals surface area contributed by atoms with Gasteiger partial charge in [-0.3, -0.25) is 9.59 Å². The first-order valence-corrected chi connectivity index (χ1v) is 12.0. The zero-order valence-electron chi connectivity index (χ0n) is 20.8. The van der Waals surface area contributed by atoms with Crippen LogP contribution in [0.3, 0.4) is 0 Å². The molecule has 0 saturated heterocycles. The number of aryl methyl sites for hydroxylation is 1. The molecule has 3 aromatic carbocycles. The molecule has 0 heterocycles. The number of rotatable bonds is 9. The Kier molecular flexibility index (Phi) is 9.62. The maximum absolute atomic E-state index is 12.7. The van der Waals surface area contributed by atoms with E-state index in [-0.39, 0.29) is 23.8 Å². The molecule has 0 unspecified atom stereocenters. The van der Waals surface area contributed by atoms with Crippen molar-refractivity contribution in [3.05, 3.63) is 87.4 Å². The molecule has 38 heavy (non-hydrogen) atoms. The van der Waals surface area contributed by atoms with Crippen molar-refractivity contribution in [2.24, 2.45) is 0 Å². The largest absolute Gasteiger partial charge is 0.493 e. The standard InChI is InChI=1S/C28H24BrN3O6/c1-17-5-4-6-22(11-17)31-25(33)16-38-26-23(29)13-18(14-24(26)36-2)12-20(15-30)27(34)32-21-9-7-19(8-10-21)28(35)37-3/h4-14H,16H2,1-3H3,(H,31,33)(H,32,34)/b20-12+. The van der Waals surface area contributed by atoms with Gasteiger partial charge in [0, 0.05) is 11.4 Å². The van der Waals surface area contributed by atoms with E-state index in [0.717, 1.165) is 5.56 Å². The first-order valence-electron chi connectivity index (χ1n) is 11.2. The fourth-order valence-electron chi connectivity index (χ4n) is 3.34. The van der Waals surface area contributed by atoms with Gasteiger partial charge in [0.2, 0.25) is 0 Å². The van der Waals surface area contributed by atoms with Gasteiger partial charge >= 0.3 is 5.97 Å². The van der Waals surface area contributed by atoms with Crippen molar-refractivity contribution in [3.8, 4) is 17.6 Å². The van der Waals surface area contributed by atoms with E-state index in [1.54, 1.807) is 18.2 Å². The Bertz CT molecular complexity index is 1430. The Hall–Kier alpha value is -4.62. The van der Waals surface area contributed by atoms with Crippen LogP contribution in [0, 0.1) is 18.3 Å². The molecule has 0 atom stereocenters. The zero-order chi connectivity index (χ0) is 27.7. The van der Waals surface area contributed by atoms with Gasteiger partial charge in [0.1, 0.15) is 11.6 Å². The first-order chi connectivity index (χ1) is 18.2. The van der Waals surface area contributed by atoms with Crippen LogP contribution < -0.4 is 20.1 Å². The number of halogens is 1. The summed E-state index contributed by atoms with van der Waals surface area (Å²) in [6, 6.07) is 18.5. The highest BCUT2D eigenvalue weighted by Crippen LogP contribution is 2.37. The number of nitriles is 1. The number of hydrogen-bond acceptors (Lipinski definition) is 7. The number of amides is 2. The predicted molar refractivity (Wildman–Crippen MR) is 146 cm³/mol. The Morgan fingerprint density at radius 2 is 1.74 bits per heavy atom. The van der Waals surface area contributed by atoms with Crippen molar-refractivity contribution >= 4 is 51.2 Å². The van der Waals surface area contributed by atoms with Crippen LogP contribution in [-0.4, -0.2) is 38.6 Å². The molecule has 0 aromatic heterocycles. The number of methoxy groups -OCH3 is 2. The van der Waals surface area contributed by atoms with Crippen molar-refractivity contribution in [2.45, 2.75) is 6.92 Å². The summed E-state index contributed by atoms with van der Waals surface area (Å²) in [5.41, 5.74) is 2.72. The molecule has 2 amide bonds. The molecule has 0 fully saturated rings. The average molecular weight is 578 g/mol. The van der Waals surface area contributed by atoms with Crippen LogP contribution in [0.1, 0.15) is 21.5 Å². The molecule has 2 N–H and O–H groups in total. The number of carbonyl (C=O) groups excluding carboxylic acids is 3. The molecular weight excluding hydrogens is 554 g/mol. The van der Waals surface area contributed by atoms with Gasteiger partial charge in [0.05, 0.1) is 24.3 Å². The molecule has 10 heteroatoms. The summed E-state index contributed by atoms with van der Waals surface area (Å²) in [5.74, 6) is -0.903. The van der Waals surface area contributed by atoms with Gasteiger partial charge in [-0.25, -0.2) is 4.79 Å². The topological polar surface area (TPSA) is 127 Å². The number of nitrogens with zero attached hydrogens (tertiary/aromatic N) is 1. The molecule has 3 rings (SSSR count). The lowest BCUT2D eigenvalue weighted by molar-refractivity contribution is -0.118. The summed E-state index contributed by atoms with van der Waals surface area (Å²) in [6.45, 7) is 1.66. The highest BCUT2D eigenvalue weighted by Gasteiger charge is 2.16. The zero-order valence-corrected chi connectivity index (χ0v) is 22.4. The van der Waals surface area contributed by atoms with E-state index in [4.69, 9.17) is 9.47 Å². The smallest absolute Gasteiger partial charge is 0.337 e. The quantitative estimate of drug-likeness (QED) is 0.205. The second kappa shape index (κ2) is 13.1. The Morgan fingerprint density at radius 1 is 1.00 bits per heavy atom. The summed E-state index contributed by atoms with van der Waals surface area (Å²) < 4.78 is 16.2. The van der Waals surface area contributed by atoms with Crippen molar-refractivity contribution in [3.63, 3.8) is 0 Å². The molecule has 0 aliphatic rings. The molecular formula is C28H24BrN3O6. The van der Waals surface area contributed by atoms with Gasteiger partial charge in [-0.1, -0.05) is 12.1 Å². The highest BCUT2D eigenvalue weighted by atomic mass is 79.9. The van der Waals surface area contributed by atoms with Gasteiger partial charge in [-0.15, -0.1) is 0 Å². The lowest BCUT2D eigenvalue weighted by atomic mass is 10.1. The number of hydrogen-bond donors (Lipinski definition) is 2. The predicted octanol–water partition coefficient (Wildman–Crippen LogP) is 5.12. The van der Waals surface area contributed by atoms with Crippen LogP contribution >= 0.6 is 15.9 Å². The van der Waals surface area contributed by atoms with Crippen molar-refractivity contribution in [1.29, 1.82) is 5.26 Å². The van der Waals surface area contributed by atoms with Crippen LogP contribution in [0.15, 0.2) is 70.7 Å². The minimum Gasteiger partial charge on any atom is -0.493 e. The van der Waals surface area contributed by atoms with E-state index in [9.17, 15) is 19.6 Å². The molecule has 194 valence electrons. The lowest BCUT2D eigenvalue weighted by Gasteiger charge is -2.14. The summed E-state index contributed by atoms with van der Waals surface area (Å²) in [7, 11) is 2.71. The van der Waals surface area contributed by atoms with Crippen LogP contribution in [-0.2, 0) is 14.3 Å². The fourth-order valence-corrected chi connectivity index (χ4v) is 3.92. The minimum atomic E-state index is -0.637. The first kappa shape index (κ1) is 28.0. The summed E-state index contributed by atoms with van der Waals surface area (Å²) in [5, 5.41) is 14.9. The number of esters is 1. The Morgan fingerprint density at radius 3 is 2.37 bits per heavy atom. The van der Waals surface area contributed by atoms with E-state index < -0.39 is 11.9 Å². The normalized spacial score (nSPS) is 10.7. The van der Waals surface area contributed by atoms with E-state index >= 15 is 0 Å². The van der Waals surface area contributed by atoms with E-state index in [0.29, 0.717) is 32.7 Å². The van der Waals surface area contributed by atoms with Gasteiger partial charge < -0.3 is 24.8 Å².